The number of rotatable bonds is 3. The van der Waals surface area contributed by atoms with Gasteiger partial charge < -0.3 is 9.80 Å². The highest BCUT2D eigenvalue weighted by molar-refractivity contribution is 5.43. The third-order valence-electron chi connectivity index (χ3n) is 3.49. The summed E-state index contributed by atoms with van der Waals surface area (Å²) in [4.78, 5) is 12.4. The van der Waals surface area contributed by atoms with Gasteiger partial charge in [-0.15, -0.1) is 0 Å². The Kier molecular flexibility index (Phi) is 4.35. The van der Waals surface area contributed by atoms with Crippen LogP contribution in [0.25, 0.3) is 0 Å². The van der Waals surface area contributed by atoms with E-state index in [1.54, 1.807) is 17.2 Å². The van der Waals surface area contributed by atoms with Gasteiger partial charge in [-0.25, -0.2) is 4.98 Å². The number of anilines is 2. The van der Waals surface area contributed by atoms with Gasteiger partial charge in [-0.3, -0.25) is 0 Å². The fraction of sp³-hybridized carbons (Fsp3) is 0.692. The minimum Gasteiger partial charge on any atom is -0.356 e. The number of halogens is 3. The van der Waals surface area contributed by atoms with E-state index >= 15 is 0 Å². The molecule has 20 heavy (non-hydrogen) atoms. The number of hydrogen-bond acceptors (Lipinski definition) is 4. The first kappa shape index (κ1) is 14.9. The van der Waals surface area contributed by atoms with Crippen LogP contribution in [0, 0.1) is 5.92 Å². The molecule has 0 aromatic carbocycles. The lowest BCUT2D eigenvalue weighted by atomic mass is 9.93. The van der Waals surface area contributed by atoms with E-state index in [4.69, 9.17) is 0 Å². The van der Waals surface area contributed by atoms with E-state index in [2.05, 4.69) is 9.97 Å². The topological polar surface area (TPSA) is 32.3 Å². The lowest BCUT2D eigenvalue weighted by Crippen LogP contribution is -2.35. The number of aromatic nitrogens is 2. The average molecular weight is 288 g/mol. The SMILES string of the molecule is CN(C)c1nccc(N2CCC(CC(F)(F)F)CC2)n1. The Morgan fingerprint density at radius 2 is 1.95 bits per heavy atom. The van der Waals surface area contributed by atoms with E-state index in [1.165, 1.54) is 0 Å². The second-order valence-corrected chi connectivity index (χ2v) is 5.36. The maximum Gasteiger partial charge on any atom is 0.389 e. The highest BCUT2D eigenvalue weighted by Crippen LogP contribution is 2.32. The van der Waals surface area contributed by atoms with Gasteiger partial charge in [0.2, 0.25) is 5.95 Å². The van der Waals surface area contributed by atoms with Crippen molar-refractivity contribution in [2.75, 3.05) is 37.0 Å². The monoisotopic (exact) mass is 288 g/mol. The van der Waals surface area contributed by atoms with Crippen molar-refractivity contribution < 1.29 is 13.2 Å². The molecule has 0 atom stereocenters. The van der Waals surface area contributed by atoms with Gasteiger partial charge in [0, 0.05) is 39.8 Å². The summed E-state index contributed by atoms with van der Waals surface area (Å²) in [5.74, 6) is 1.13. The van der Waals surface area contributed by atoms with Crippen molar-refractivity contribution in [3.8, 4) is 0 Å². The van der Waals surface area contributed by atoms with Gasteiger partial charge in [-0.2, -0.15) is 18.2 Å². The number of alkyl halides is 3. The van der Waals surface area contributed by atoms with Crippen LogP contribution in [0.2, 0.25) is 0 Å². The van der Waals surface area contributed by atoms with E-state index in [0.29, 0.717) is 31.9 Å². The van der Waals surface area contributed by atoms with Crippen LogP contribution >= 0.6 is 0 Å². The van der Waals surface area contributed by atoms with Crippen LogP contribution in [0.15, 0.2) is 12.3 Å². The molecule has 1 aliphatic heterocycles. The Bertz CT molecular complexity index is 439. The molecule has 4 nitrogen and oxygen atoms in total. The van der Waals surface area contributed by atoms with E-state index < -0.39 is 12.6 Å². The van der Waals surface area contributed by atoms with Gasteiger partial charge in [-0.1, -0.05) is 0 Å². The Labute approximate surface area is 116 Å². The Hall–Kier alpha value is -1.53. The van der Waals surface area contributed by atoms with E-state index in [-0.39, 0.29) is 5.92 Å². The van der Waals surface area contributed by atoms with Crippen molar-refractivity contribution in [2.24, 2.45) is 5.92 Å². The molecule has 0 spiro atoms. The number of nitrogens with zero attached hydrogens (tertiary/aromatic N) is 4. The molecule has 0 saturated carbocycles. The average Bonchev–Trinajstić information content (AvgIpc) is 2.38. The summed E-state index contributed by atoms with van der Waals surface area (Å²) < 4.78 is 37.1. The molecular weight excluding hydrogens is 269 g/mol. The zero-order valence-electron chi connectivity index (χ0n) is 11.7. The summed E-state index contributed by atoms with van der Waals surface area (Å²) in [6.45, 7) is 1.23. The summed E-state index contributed by atoms with van der Waals surface area (Å²) in [6.07, 6.45) is -1.94. The fourth-order valence-electron chi connectivity index (χ4n) is 2.42. The van der Waals surface area contributed by atoms with Crippen LogP contribution < -0.4 is 9.80 Å². The lowest BCUT2D eigenvalue weighted by molar-refractivity contribution is -0.145. The molecule has 0 N–H and O–H groups in total. The minimum absolute atomic E-state index is 0.263. The maximum atomic E-state index is 12.4. The molecule has 1 aliphatic rings. The highest BCUT2D eigenvalue weighted by atomic mass is 19.4. The lowest BCUT2D eigenvalue weighted by Gasteiger charge is -2.33. The molecule has 2 rings (SSSR count). The first-order valence-corrected chi connectivity index (χ1v) is 6.67. The van der Waals surface area contributed by atoms with Gasteiger partial charge in [0.25, 0.3) is 0 Å². The Balaban J connectivity index is 1.95. The number of hydrogen-bond donors (Lipinski definition) is 0. The molecule has 0 amide bonds. The summed E-state index contributed by atoms with van der Waals surface area (Å²) >= 11 is 0. The quantitative estimate of drug-likeness (QED) is 0.856. The Morgan fingerprint density at radius 1 is 1.30 bits per heavy atom. The molecule has 2 heterocycles. The third kappa shape index (κ3) is 3.98. The van der Waals surface area contributed by atoms with Crippen molar-refractivity contribution in [3.63, 3.8) is 0 Å². The highest BCUT2D eigenvalue weighted by Gasteiger charge is 2.33. The molecule has 1 aromatic rings. The largest absolute Gasteiger partial charge is 0.389 e. The van der Waals surface area contributed by atoms with Gasteiger partial charge in [0.15, 0.2) is 0 Å². The molecule has 1 fully saturated rings. The second kappa shape index (κ2) is 5.85. The first-order valence-electron chi connectivity index (χ1n) is 6.67. The molecule has 0 bridgehead atoms. The van der Waals surface area contributed by atoms with Gasteiger partial charge in [-0.05, 0) is 24.8 Å². The number of piperidine rings is 1. The van der Waals surface area contributed by atoms with Crippen molar-refractivity contribution in [1.82, 2.24) is 9.97 Å². The van der Waals surface area contributed by atoms with E-state index in [1.807, 2.05) is 19.0 Å². The molecule has 0 aliphatic carbocycles. The predicted octanol–water partition coefficient (Wildman–Crippen LogP) is 2.71. The van der Waals surface area contributed by atoms with Crippen LogP contribution in [0.3, 0.4) is 0 Å². The van der Waals surface area contributed by atoms with Crippen LogP contribution in [-0.4, -0.2) is 43.3 Å². The minimum atomic E-state index is -4.06. The van der Waals surface area contributed by atoms with Crippen molar-refractivity contribution >= 4 is 11.8 Å². The zero-order chi connectivity index (χ0) is 14.8. The van der Waals surface area contributed by atoms with Crippen LogP contribution in [-0.2, 0) is 0 Å². The van der Waals surface area contributed by atoms with Gasteiger partial charge in [0.05, 0.1) is 0 Å². The molecule has 0 unspecified atom stereocenters. The molecule has 112 valence electrons. The second-order valence-electron chi connectivity index (χ2n) is 5.36. The van der Waals surface area contributed by atoms with Crippen LogP contribution in [0.4, 0.5) is 24.9 Å². The van der Waals surface area contributed by atoms with Crippen molar-refractivity contribution in [1.29, 1.82) is 0 Å². The molecule has 1 aromatic heterocycles. The maximum absolute atomic E-state index is 12.4. The van der Waals surface area contributed by atoms with Gasteiger partial charge in [0.1, 0.15) is 5.82 Å². The third-order valence-corrected chi connectivity index (χ3v) is 3.49. The summed E-state index contributed by atoms with van der Waals surface area (Å²) in [7, 11) is 3.71. The fourth-order valence-corrected chi connectivity index (χ4v) is 2.42. The van der Waals surface area contributed by atoms with E-state index in [9.17, 15) is 13.2 Å². The van der Waals surface area contributed by atoms with Crippen LogP contribution in [0.1, 0.15) is 19.3 Å². The first-order chi connectivity index (χ1) is 9.35. The molecular formula is C13H19F3N4. The smallest absolute Gasteiger partial charge is 0.356 e. The molecule has 1 saturated heterocycles. The summed E-state index contributed by atoms with van der Waals surface area (Å²) in [5.41, 5.74) is 0. The standard InChI is InChI=1S/C13H19F3N4/c1-19(2)12-17-6-3-11(18-12)20-7-4-10(5-8-20)9-13(14,15)16/h3,6,10H,4-5,7-9H2,1-2H3. The van der Waals surface area contributed by atoms with Crippen molar-refractivity contribution in [3.05, 3.63) is 12.3 Å². The summed E-state index contributed by atoms with van der Waals surface area (Å²) in [6, 6.07) is 1.80. The molecule has 7 heteroatoms. The normalized spacial score (nSPS) is 17.4. The Morgan fingerprint density at radius 3 is 2.50 bits per heavy atom. The zero-order valence-corrected chi connectivity index (χ0v) is 11.7. The van der Waals surface area contributed by atoms with E-state index in [0.717, 1.165) is 5.82 Å². The van der Waals surface area contributed by atoms with Crippen molar-refractivity contribution in [2.45, 2.75) is 25.4 Å². The van der Waals surface area contributed by atoms with Crippen LogP contribution in [0.5, 0.6) is 0 Å². The molecule has 0 radical (unpaired) electrons. The summed E-state index contributed by atoms with van der Waals surface area (Å²) in [5, 5.41) is 0. The predicted molar refractivity (Wildman–Crippen MR) is 72.0 cm³/mol. The van der Waals surface area contributed by atoms with Gasteiger partial charge >= 0.3 is 6.18 Å².